The third-order valence-electron chi connectivity index (χ3n) is 3.52. The molecule has 1 unspecified atom stereocenters. The molecule has 0 aliphatic heterocycles. The van der Waals surface area contributed by atoms with Gasteiger partial charge in [-0.05, 0) is 56.2 Å². The van der Waals surface area contributed by atoms with Crippen LogP contribution >= 0.6 is 0 Å². The zero-order valence-corrected chi connectivity index (χ0v) is 9.66. The van der Waals surface area contributed by atoms with Crippen LogP contribution in [-0.2, 0) is 0 Å². The molecule has 1 heterocycles. The van der Waals surface area contributed by atoms with Crippen LogP contribution in [0, 0.1) is 5.92 Å². The molecule has 2 rings (SSSR count). The SMILES string of the molecule is CCC1CCCC1=C(C)c1ccccn1. The molecular formula is C14H19N. The van der Waals surface area contributed by atoms with Gasteiger partial charge in [0.2, 0.25) is 0 Å². The van der Waals surface area contributed by atoms with Gasteiger partial charge in [-0.25, -0.2) is 0 Å². The Labute approximate surface area is 92.2 Å². The zero-order chi connectivity index (χ0) is 10.7. The maximum absolute atomic E-state index is 4.43. The smallest absolute Gasteiger partial charge is 0.0658 e. The number of hydrogen-bond acceptors (Lipinski definition) is 1. The Hall–Kier alpha value is -1.11. The molecule has 1 saturated carbocycles. The monoisotopic (exact) mass is 201 g/mol. The molecule has 1 nitrogen and oxygen atoms in total. The van der Waals surface area contributed by atoms with Crippen LogP contribution in [-0.4, -0.2) is 4.98 Å². The molecule has 1 heteroatoms. The van der Waals surface area contributed by atoms with Crippen LogP contribution < -0.4 is 0 Å². The minimum absolute atomic E-state index is 0.812. The van der Waals surface area contributed by atoms with Gasteiger partial charge in [0.05, 0.1) is 5.69 Å². The third-order valence-corrected chi connectivity index (χ3v) is 3.52. The Kier molecular flexibility index (Phi) is 3.20. The van der Waals surface area contributed by atoms with Gasteiger partial charge < -0.3 is 0 Å². The molecule has 0 radical (unpaired) electrons. The van der Waals surface area contributed by atoms with Crippen molar-refractivity contribution in [3.8, 4) is 0 Å². The van der Waals surface area contributed by atoms with Crippen LogP contribution in [0.4, 0.5) is 0 Å². The van der Waals surface area contributed by atoms with Crippen LogP contribution in [0.15, 0.2) is 30.0 Å². The third kappa shape index (κ3) is 2.11. The van der Waals surface area contributed by atoms with Gasteiger partial charge in [0.1, 0.15) is 0 Å². The highest BCUT2D eigenvalue weighted by Gasteiger charge is 2.21. The predicted molar refractivity (Wildman–Crippen MR) is 64.5 cm³/mol. The van der Waals surface area contributed by atoms with E-state index in [1.54, 1.807) is 5.57 Å². The summed E-state index contributed by atoms with van der Waals surface area (Å²) in [4.78, 5) is 4.43. The van der Waals surface area contributed by atoms with Gasteiger partial charge in [0, 0.05) is 6.20 Å². The molecular weight excluding hydrogens is 182 g/mol. The summed E-state index contributed by atoms with van der Waals surface area (Å²) in [6, 6.07) is 6.17. The minimum Gasteiger partial charge on any atom is -0.257 e. The summed E-state index contributed by atoms with van der Waals surface area (Å²) >= 11 is 0. The highest BCUT2D eigenvalue weighted by Crippen LogP contribution is 2.37. The van der Waals surface area contributed by atoms with Crippen molar-refractivity contribution in [1.29, 1.82) is 0 Å². The molecule has 1 atom stereocenters. The minimum atomic E-state index is 0.812. The van der Waals surface area contributed by atoms with Crippen molar-refractivity contribution < 1.29 is 0 Å². The van der Waals surface area contributed by atoms with Crippen molar-refractivity contribution in [1.82, 2.24) is 4.98 Å². The standard InChI is InChI=1S/C14H19N/c1-3-12-7-6-8-13(12)11(2)14-9-4-5-10-15-14/h4-5,9-10,12H,3,6-8H2,1-2H3. The maximum atomic E-state index is 4.43. The van der Waals surface area contributed by atoms with E-state index in [1.165, 1.54) is 31.3 Å². The van der Waals surface area contributed by atoms with Gasteiger partial charge in [-0.15, -0.1) is 0 Å². The summed E-state index contributed by atoms with van der Waals surface area (Å²) in [6.07, 6.45) is 7.17. The van der Waals surface area contributed by atoms with Crippen LogP contribution in [0.2, 0.25) is 0 Å². The molecule has 80 valence electrons. The summed E-state index contributed by atoms with van der Waals surface area (Å²) < 4.78 is 0. The number of rotatable bonds is 2. The molecule has 1 aromatic rings. The quantitative estimate of drug-likeness (QED) is 0.703. The van der Waals surface area contributed by atoms with E-state index in [4.69, 9.17) is 0 Å². The zero-order valence-electron chi connectivity index (χ0n) is 9.66. The van der Waals surface area contributed by atoms with Crippen LogP contribution in [0.5, 0.6) is 0 Å². The van der Waals surface area contributed by atoms with Crippen molar-refractivity contribution in [3.05, 3.63) is 35.7 Å². The number of aromatic nitrogens is 1. The Balaban J connectivity index is 2.32. The largest absolute Gasteiger partial charge is 0.257 e. The second-order valence-electron chi connectivity index (χ2n) is 4.36. The average molecular weight is 201 g/mol. The number of allylic oxidation sites excluding steroid dienone is 2. The van der Waals surface area contributed by atoms with E-state index in [2.05, 4.69) is 31.0 Å². The first-order valence-electron chi connectivity index (χ1n) is 5.94. The fraction of sp³-hybridized carbons (Fsp3) is 0.500. The van der Waals surface area contributed by atoms with E-state index < -0.39 is 0 Å². The lowest BCUT2D eigenvalue weighted by Gasteiger charge is -2.12. The molecule has 0 aromatic carbocycles. The highest BCUT2D eigenvalue weighted by atomic mass is 14.7. The Morgan fingerprint density at radius 1 is 1.47 bits per heavy atom. The van der Waals surface area contributed by atoms with Gasteiger partial charge >= 0.3 is 0 Å². The second kappa shape index (κ2) is 4.61. The van der Waals surface area contributed by atoms with Crippen molar-refractivity contribution in [2.45, 2.75) is 39.5 Å². The number of hydrogen-bond donors (Lipinski definition) is 0. The second-order valence-corrected chi connectivity index (χ2v) is 4.36. The van der Waals surface area contributed by atoms with E-state index in [0.717, 1.165) is 11.6 Å². The van der Waals surface area contributed by atoms with Gasteiger partial charge in [0.15, 0.2) is 0 Å². The summed E-state index contributed by atoms with van der Waals surface area (Å²) in [6.45, 7) is 4.52. The van der Waals surface area contributed by atoms with Crippen LogP contribution in [0.1, 0.15) is 45.2 Å². The van der Waals surface area contributed by atoms with Crippen LogP contribution in [0.25, 0.3) is 5.57 Å². The molecule has 1 aliphatic carbocycles. The summed E-state index contributed by atoms with van der Waals surface area (Å²) in [5, 5.41) is 0. The molecule has 0 amide bonds. The molecule has 1 fully saturated rings. The van der Waals surface area contributed by atoms with E-state index in [9.17, 15) is 0 Å². The molecule has 0 spiro atoms. The Morgan fingerprint density at radius 2 is 2.33 bits per heavy atom. The van der Waals surface area contributed by atoms with Gasteiger partial charge in [-0.1, -0.05) is 18.6 Å². The van der Waals surface area contributed by atoms with E-state index in [-0.39, 0.29) is 0 Å². The fourth-order valence-corrected chi connectivity index (χ4v) is 2.61. The van der Waals surface area contributed by atoms with Gasteiger partial charge in [-0.2, -0.15) is 0 Å². The van der Waals surface area contributed by atoms with Crippen molar-refractivity contribution in [2.75, 3.05) is 0 Å². The lowest BCUT2D eigenvalue weighted by Crippen LogP contribution is -1.98. The predicted octanol–water partition coefficient (Wildman–Crippen LogP) is 4.07. The first-order chi connectivity index (χ1) is 7.33. The normalized spacial score (nSPS) is 24.3. The summed E-state index contributed by atoms with van der Waals surface area (Å²) in [5.74, 6) is 0.812. The first kappa shape index (κ1) is 10.4. The Bertz CT molecular complexity index is 351. The van der Waals surface area contributed by atoms with E-state index >= 15 is 0 Å². The molecule has 0 saturated heterocycles. The first-order valence-corrected chi connectivity index (χ1v) is 5.94. The lowest BCUT2D eigenvalue weighted by atomic mass is 9.94. The lowest BCUT2D eigenvalue weighted by molar-refractivity contribution is 0.607. The molecule has 1 aliphatic rings. The van der Waals surface area contributed by atoms with E-state index in [1.807, 2.05) is 12.3 Å². The summed E-state index contributed by atoms with van der Waals surface area (Å²) in [7, 11) is 0. The van der Waals surface area contributed by atoms with Crippen molar-refractivity contribution >= 4 is 5.57 Å². The summed E-state index contributed by atoms with van der Waals surface area (Å²) in [5.41, 5.74) is 4.23. The topological polar surface area (TPSA) is 12.9 Å². The number of pyridine rings is 1. The van der Waals surface area contributed by atoms with E-state index in [0.29, 0.717) is 0 Å². The van der Waals surface area contributed by atoms with Crippen molar-refractivity contribution in [2.24, 2.45) is 5.92 Å². The highest BCUT2D eigenvalue weighted by molar-refractivity contribution is 5.64. The van der Waals surface area contributed by atoms with Crippen LogP contribution in [0.3, 0.4) is 0 Å². The fourth-order valence-electron chi connectivity index (χ4n) is 2.61. The van der Waals surface area contributed by atoms with Crippen molar-refractivity contribution in [3.63, 3.8) is 0 Å². The maximum Gasteiger partial charge on any atom is 0.0658 e. The average Bonchev–Trinajstić information content (AvgIpc) is 2.77. The van der Waals surface area contributed by atoms with Gasteiger partial charge in [-0.3, -0.25) is 4.98 Å². The molecule has 0 bridgehead atoms. The van der Waals surface area contributed by atoms with Gasteiger partial charge in [0.25, 0.3) is 0 Å². The molecule has 0 N–H and O–H groups in total. The molecule has 15 heavy (non-hydrogen) atoms. The molecule has 1 aromatic heterocycles. The Morgan fingerprint density at radius 3 is 3.00 bits per heavy atom. The number of nitrogens with zero attached hydrogens (tertiary/aromatic N) is 1.